The lowest BCUT2D eigenvalue weighted by molar-refractivity contribution is -0.138. The Bertz CT molecular complexity index is 392. The van der Waals surface area contributed by atoms with E-state index in [-0.39, 0.29) is 12.0 Å². The quantitative estimate of drug-likeness (QED) is 0.693. The van der Waals surface area contributed by atoms with E-state index in [0.29, 0.717) is 5.56 Å². The molecule has 1 aromatic rings. The van der Waals surface area contributed by atoms with Crippen molar-refractivity contribution >= 4 is 5.97 Å². The molecule has 0 fully saturated rings. The molecule has 5 heteroatoms. The Labute approximate surface area is 86.1 Å². The smallest absolute Gasteiger partial charge is 0.320 e. The standard InChI is InChI=1S/C10H12FNO3/c1-5-2-6(4-7(12)10(14)15)9(11)8(13)3-5/h2-3,7,13H,4,12H2,1H3,(H,14,15). The highest BCUT2D eigenvalue weighted by atomic mass is 19.1. The number of aliphatic carboxylic acids is 1. The highest BCUT2D eigenvalue weighted by molar-refractivity contribution is 5.73. The number of hydrogen-bond donors (Lipinski definition) is 3. The van der Waals surface area contributed by atoms with E-state index in [0.717, 1.165) is 0 Å². The van der Waals surface area contributed by atoms with Crippen molar-refractivity contribution in [1.82, 2.24) is 0 Å². The fraction of sp³-hybridized carbons (Fsp3) is 0.300. The Kier molecular flexibility index (Phi) is 3.26. The van der Waals surface area contributed by atoms with Crippen LogP contribution in [0.1, 0.15) is 11.1 Å². The minimum absolute atomic E-state index is 0.113. The fourth-order valence-corrected chi connectivity index (χ4v) is 1.30. The predicted molar refractivity (Wildman–Crippen MR) is 52.1 cm³/mol. The van der Waals surface area contributed by atoms with Crippen molar-refractivity contribution in [1.29, 1.82) is 0 Å². The van der Waals surface area contributed by atoms with Crippen molar-refractivity contribution in [2.75, 3.05) is 0 Å². The van der Waals surface area contributed by atoms with Crippen LogP contribution in [0.25, 0.3) is 0 Å². The van der Waals surface area contributed by atoms with E-state index < -0.39 is 23.6 Å². The minimum Gasteiger partial charge on any atom is -0.505 e. The predicted octanol–water partition coefficient (Wildman–Crippen LogP) is 0.794. The van der Waals surface area contributed by atoms with Crippen LogP contribution in [0.2, 0.25) is 0 Å². The molecule has 0 heterocycles. The van der Waals surface area contributed by atoms with Gasteiger partial charge in [-0.3, -0.25) is 4.79 Å². The first-order chi connectivity index (χ1) is 6.91. The van der Waals surface area contributed by atoms with Gasteiger partial charge in [-0.1, -0.05) is 6.07 Å². The van der Waals surface area contributed by atoms with E-state index in [1.807, 2.05) is 0 Å². The van der Waals surface area contributed by atoms with E-state index in [2.05, 4.69) is 0 Å². The summed E-state index contributed by atoms with van der Waals surface area (Å²) in [7, 11) is 0. The van der Waals surface area contributed by atoms with E-state index >= 15 is 0 Å². The molecule has 1 rings (SSSR count). The van der Waals surface area contributed by atoms with Crippen LogP contribution in [-0.2, 0) is 11.2 Å². The summed E-state index contributed by atoms with van der Waals surface area (Å²) >= 11 is 0. The van der Waals surface area contributed by atoms with E-state index in [1.165, 1.54) is 12.1 Å². The second-order valence-electron chi connectivity index (χ2n) is 3.41. The summed E-state index contributed by atoms with van der Waals surface area (Å²) in [6, 6.07) is 1.57. The number of benzene rings is 1. The average Bonchev–Trinajstić information content (AvgIpc) is 2.13. The van der Waals surface area contributed by atoms with Crippen LogP contribution in [0.3, 0.4) is 0 Å². The highest BCUT2D eigenvalue weighted by Crippen LogP contribution is 2.22. The number of carboxylic acid groups (broad SMARTS) is 1. The molecule has 1 atom stereocenters. The van der Waals surface area contributed by atoms with Crippen molar-refractivity contribution in [3.8, 4) is 5.75 Å². The number of carbonyl (C=O) groups is 1. The summed E-state index contributed by atoms with van der Waals surface area (Å²) in [6.07, 6.45) is -0.142. The molecular formula is C10H12FNO3. The molecule has 0 bridgehead atoms. The molecule has 0 saturated heterocycles. The first-order valence-corrected chi connectivity index (χ1v) is 4.38. The lowest BCUT2D eigenvalue weighted by atomic mass is 10.0. The van der Waals surface area contributed by atoms with Gasteiger partial charge in [0.15, 0.2) is 11.6 Å². The fourth-order valence-electron chi connectivity index (χ4n) is 1.30. The van der Waals surface area contributed by atoms with E-state index in [1.54, 1.807) is 6.92 Å². The van der Waals surface area contributed by atoms with Crippen molar-refractivity contribution in [2.24, 2.45) is 5.73 Å². The number of aromatic hydroxyl groups is 1. The normalized spacial score (nSPS) is 12.5. The molecule has 0 amide bonds. The second-order valence-corrected chi connectivity index (χ2v) is 3.41. The van der Waals surface area contributed by atoms with Crippen LogP contribution in [0, 0.1) is 12.7 Å². The lowest BCUT2D eigenvalue weighted by Crippen LogP contribution is -2.32. The zero-order valence-corrected chi connectivity index (χ0v) is 8.20. The number of phenols is 1. The third-order valence-electron chi connectivity index (χ3n) is 2.03. The van der Waals surface area contributed by atoms with Crippen LogP contribution in [0.15, 0.2) is 12.1 Å². The zero-order valence-electron chi connectivity index (χ0n) is 8.20. The molecule has 0 aliphatic rings. The molecule has 0 spiro atoms. The maximum Gasteiger partial charge on any atom is 0.320 e. The number of rotatable bonds is 3. The Morgan fingerprint density at radius 3 is 2.73 bits per heavy atom. The third-order valence-corrected chi connectivity index (χ3v) is 2.03. The SMILES string of the molecule is Cc1cc(O)c(F)c(CC(N)C(=O)O)c1. The van der Waals surface area contributed by atoms with Crippen molar-refractivity contribution in [3.05, 3.63) is 29.1 Å². The van der Waals surface area contributed by atoms with Gasteiger partial charge in [0.1, 0.15) is 6.04 Å². The Balaban J connectivity index is 2.99. The maximum absolute atomic E-state index is 13.3. The van der Waals surface area contributed by atoms with Gasteiger partial charge in [0.25, 0.3) is 0 Å². The number of aryl methyl sites for hydroxylation is 1. The molecule has 0 aliphatic heterocycles. The van der Waals surface area contributed by atoms with Crippen molar-refractivity contribution in [2.45, 2.75) is 19.4 Å². The summed E-state index contributed by atoms with van der Waals surface area (Å²) in [6.45, 7) is 1.68. The second kappa shape index (κ2) is 4.27. The van der Waals surface area contributed by atoms with Gasteiger partial charge in [-0.25, -0.2) is 4.39 Å². The summed E-state index contributed by atoms with van der Waals surface area (Å²) in [5.74, 6) is -2.49. The third kappa shape index (κ3) is 2.66. The van der Waals surface area contributed by atoms with E-state index in [4.69, 9.17) is 15.9 Å². The summed E-state index contributed by atoms with van der Waals surface area (Å²) in [5.41, 5.74) is 6.04. The number of hydrogen-bond acceptors (Lipinski definition) is 3. The molecular weight excluding hydrogens is 201 g/mol. The van der Waals surface area contributed by atoms with E-state index in [9.17, 15) is 9.18 Å². The van der Waals surface area contributed by atoms with Gasteiger partial charge < -0.3 is 15.9 Å². The van der Waals surface area contributed by atoms with Gasteiger partial charge in [0.05, 0.1) is 0 Å². The number of carboxylic acids is 1. The largest absolute Gasteiger partial charge is 0.505 e. The maximum atomic E-state index is 13.3. The molecule has 82 valence electrons. The molecule has 4 nitrogen and oxygen atoms in total. The van der Waals surface area contributed by atoms with Gasteiger partial charge in [0, 0.05) is 6.42 Å². The molecule has 0 aromatic heterocycles. The molecule has 0 radical (unpaired) electrons. The first kappa shape index (κ1) is 11.5. The zero-order chi connectivity index (χ0) is 11.6. The van der Waals surface area contributed by atoms with Gasteiger partial charge >= 0.3 is 5.97 Å². The van der Waals surface area contributed by atoms with Crippen molar-refractivity contribution in [3.63, 3.8) is 0 Å². The van der Waals surface area contributed by atoms with Crippen LogP contribution >= 0.6 is 0 Å². The van der Waals surface area contributed by atoms with Crippen LogP contribution in [0.5, 0.6) is 5.75 Å². The Hall–Kier alpha value is -1.62. The topological polar surface area (TPSA) is 83.5 Å². The van der Waals surface area contributed by atoms with Crippen molar-refractivity contribution < 1.29 is 19.4 Å². The summed E-state index contributed by atoms with van der Waals surface area (Å²) in [4.78, 5) is 10.5. The van der Waals surface area contributed by atoms with Crippen LogP contribution in [0.4, 0.5) is 4.39 Å². The molecule has 15 heavy (non-hydrogen) atoms. The number of phenolic OH excluding ortho intramolecular Hbond substituents is 1. The van der Waals surface area contributed by atoms with Crippen LogP contribution in [-0.4, -0.2) is 22.2 Å². The Morgan fingerprint density at radius 2 is 2.20 bits per heavy atom. The molecule has 0 aliphatic carbocycles. The minimum atomic E-state index is -1.20. The Morgan fingerprint density at radius 1 is 1.60 bits per heavy atom. The monoisotopic (exact) mass is 213 g/mol. The average molecular weight is 213 g/mol. The molecule has 4 N–H and O–H groups in total. The van der Waals surface area contributed by atoms with Gasteiger partial charge in [-0.05, 0) is 24.1 Å². The van der Waals surface area contributed by atoms with Gasteiger partial charge in [0.2, 0.25) is 0 Å². The van der Waals surface area contributed by atoms with Crippen LogP contribution < -0.4 is 5.73 Å². The molecule has 1 unspecified atom stereocenters. The molecule has 0 saturated carbocycles. The highest BCUT2D eigenvalue weighted by Gasteiger charge is 2.16. The summed E-state index contributed by atoms with van der Waals surface area (Å²) < 4.78 is 13.3. The number of halogens is 1. The molecule has 1 aromatic carbocycles. The lowest BCUT2D eigenvalue weighted by Gasteiger charge is -2.09. The van der Waals surface area contributed by atoms with Gasteiger partial charge in [-0.2, -0.15) is 0 Å². The van der Waals surface area contributed by atoms with Gasteiger partial charge in [-0.15, -0.1) is 0 Å². The first-order valence-electron chi connectivity index (χ1n) is 4.38. The summed E-state index contributed by atoms with van der Waals surface area (Å²) in [5, 5.41) is 17.7. The number of nitrogens with two attached hydrogens (primary N) is 1.